The van der Waals surface area contributed by atoms with Crippen molar-refractivity contribution in [1.82, 2.24) is 10.2 Å². The van der Waals surface area contributed by atoms with Gasteiger partial charge in [-0.1, -0.05) is 23.7 Å². The molecule has 26 heavy (non-hydrogen) atoms. The molecule has 0 saturated carbocycles. The Balaban J connectivity index is 1.80. The molecule has 136 valence electrons. The number of nitrogens with one attached hydrogen (secondary N) is 1. The largest absolute Gasteiger partial charge is 0.478 e. The first-order chi connectivity index (χ1) is 12.5. The van der Waals surface area contributed by atoms with Gasteiger partial charge in [-0.25, -0.2) is 4.79 Å². The zero-order valence-corrected chi connectivity index (χ0v) is 15.8. The van der Waals surface area contributed by atoms with Gasteiger partial charge in [-0.05, 0) is 60.8 Å². The molecule has 1 aromatic rings. The van der Waals surface area contributed by atoms with Crippen LogP contribution < -0.4 is 5.32 Å². The molecule has 3 aliphatic rings. The highest BCUT2D eigenvalue weighted by Crippen LogP contribution is 2.44. The van der Waals surface area contributed by atoms with Crippen molar-refractivity contribution in [3.63, 3.8) is 0 Å². The fourth-order valence-corrected chi connectivity index (χ4v) is 4.77. The maximum absolute atomic E-state index is 11.3. The number of piperidine rings is 1. The number of hydrogen-bond acceptors (Lipinski definition) is 3. The molecule has 0 aromatic heterocycles. The Hall–Kier alpha value is -2.04. The summed E-state index contributed by atoms with van der Waals surface area (Å²) >= 11 is 6.28. The topological polar surface area (TPSA) is 52.6 Å². The first-order valence-electron chi connectivity index (χ1n) is 9.06. The fraction of sp³-hybridized carbons (Fsp3) is 0.381. The summed E-state index contributed by atoms with van der Waals surface area (Å²) in [6.45, 7) is 3.06. The molecular formula is C21H23ClN2O2. The van der Waals surface area contributed by atoms with Gasteiger partial charge in [0.15, 0.2) is 0 Å². The number of aryl methyl sites for hydroxylation is 1. The summed E-state index contributed by atoms with van der Waals surface area (Å²) in [6.07, 6.45) is 8.42. The number of allylic oxidation sites excluding steroid dienone is 2. The van der Waals surface area contributed by atoms with Crippen LogP contribution in [-0.4, -0.2) is 35.6 Å². The highest BCUT2D eigenvalue weighted by Gasteiger charge is 2.40. The average Bonchev–Trinajstić information content (AvgIpc) is 2.61. The molecule has 4 rings (SSSR count). The van der Waals surface area contributed by atoms with E-state index in [1.165, 1.54) is 16.8 Å². The van der Waals surface area contributed by atoms with E-state index in [0.717, 1.165) is 30.0 Å². The number of fused-ring (bicyclic) bond motifs is 2. The molecule has 1 fully saturated rings. The van der Waals surface area contributed by atoms with E-state index < -0.39 is 5.97 Å². The van der Waals surface area contributed by atoms with Gasteiger partial charge >= 0.3 is 5.97 Å². The number of likely N-dealkylation sites (tertiary alicyclic amines) is 1. The second-order valence-corrected chi connectivity index (χ2v) is 7.83. The van der Waals surface area contributed by atoms with E-state index in [-0.39, 0.29) is 12.1 Å². The predicted molar refractivity (Wildman–Crippen MR) is 103 cm³/mol. The van der Waals surface area contributed by atoms with Gasteiger partial charge in [-0.3, -0.25) is 5.32 Å². The monoisotopic (exact) mass is 370 g/mol. The second kappa shape index (κ2) is 6.60. The Kier molecular flexibility index (Phi) is 4.41. The maximum Gasteiger partial charge on any atom is 0.335 e. The van der Waals surface area contributed by atoms with E-state index in [1.54, 1.807) is 12.1 Å². The molecule has 2 aliphatic heterocycles. The highest BCUT2D eigenvalue weighted by molar-refractivity contribution is 6.31. The minimum atomic E-state index is -0.883. The van der Waals surface area contributed by atoms with E-state index in [9.17, 15) is 9.90 Å². The van der Waals surface area contributed by atoms with Crippen molar-refractivity contribution in [3.8, 4) is 0 Å². The van der Waals surface area contributed by atoms with Crippen LogP contribution in [0.1, 0.15) is 40.4 Å². The first kappa shape index (κ1) is 17.4. The summed E-state index contributed by atoms with van der Waals surface area (Å²) in [7, 11) is 2.16. The van der Waals surface area contributed by atoms with Crippen LogP contribution >= 0.6 is 11.6 Å². The number of rotatable bonds is 2. The van der Waals surface area contributed by atoms with Crippen molar-refractivity contribution in [2.75, 3.05) is 13.6 Å². The number of carboxylic acids is 1. The lowest BCUT2D eigenvalue weighted by molar-refractivity contribution is 0.0696. The second-order valence-electron chi connectivity index (χ2n) is 7.40. The van der Waals surface area contributed by atoms with Gasteiger partial charge in [0.1, 0.15) is 0 Å². The van der Waals surface area contributed by atoms with Crippen molar-refractivity contribution in [1.29, 1.82) is 0 Å². The quantitative estimate of drug-likeness (QED) is 0.826. The molecule has 3 atom stereocenters. The molecule has 2 N–H and O–H groups in total. The van der Waals surface area contributed by atoms with Crippen LogP contribution in [0.5, 0.6) is 0 Å². The summed E-state index contributed by atoms with van der Waals surface area (Å²) in [5, 5.41) is 13.8. The van der Waals surface area contributed by atoms with Crippen molar-refractivity contribution in [2.45, 2.75) is 31.8 Å². The van der Waals surface area contributed by atoms with Crippen LogP contribution in [0.25, 0.3) is 0 Å². The summed E-state index contributed by atoms with van der Waals surface area (Å²) < 4.78 is 0. The summed E-state index contributed by atoms with van der Waals surface area (Å²) in [4.78, 5) is 13.6. The third-order valence-electron chi connectivity index (χ3n) is 5.76. The van der Waals surface area contributed by atoms with Crippen molar-refractivity contribution >= 4 is 17.6 Å². The number of aromatic carboxylic acids is 1. The Bertz CT molecular complexity index is 856. The third kappa shape index (κ3) is 2.87. The van der Waals surface area contributed by atoms with Gasteiger partial charge in [0.05, 0.1) is 11.6 Å². The van der Waals surface area contributed by atoms with Crippen molar-refractivity contribution < 1.29 is 9.90 Å². The molecule has 0 spiro atoms. The minimum Gasteiger partial charge on any atom is -0.478 e. The molecule has 0 bridgehead atoms. The van der Waals surface area contributed by atoms with E-state index in [1.807, 2.05) is 19.1 Å². The number of carboxylic acid groups (broad SMARTS) is 1. The number of nitrogens with zero attached hydrogens (tertiary/aromatic N) is 1. The van der Waals surface area contributed by atoms with Crippen LogP contribution in [0.2, 0.25) is 0 Å². The number of carbonyl (C=O) groups is 1. The van der Waals surface area contributed by atoms with Gasteiger partial charge in [0.2, 0.25) is 0 Å². The van der Waals surface area contributed by atoms with Crippen LogP contribution in [0.15, 0.2) is 52.7 Å². The van der Waals surface area contributed by atoms with Gasteiger partial charge in [0, 0.05) is 36.3 Å². The number of hydrogen-bond donors (Lipinski definition) is 2. The molecule has 2 heterocycles. The van der Waals surface area contributed by atoms with Crippen LogP contribution in [0.4, 0.5) is 0 Å². The molecule has 1 aliphatic carbocycles. The van der Waals surface area contributed by atoms with Crippen LogP contribution in [0, 0.1) is 12.8 Å². The maximum atomic E-state index is 11.3. The van der Waals surface area contributed by atoms with Crippen molar-refractivity contribution in [3.05, 3.63) is 69.4 Å². The zero-order chi connectivity index (χ0) is 18.4. The van der Waals surface area contributed by atoms with Gasteiger partial charge < -0.3 is 10.0 Å². The lowest BCUT2D eigenvalue weighted by atomic mass is 9.75. The molecule has 1 saturated heterocycles. The van der Waals surface area contributed by atoms with Crippen molar-refractivity contribution in [2.24, 2.45) is 5.92 Å². The molecule has 5 heteroatoms. The molecule has 0 amide bonds. The van der Waals surface area contributed by atoms with Gasteiger partial charge in [0.25, 0.3) is 0 Å². The Labute approximate surface area is 158 Å². The van der Waals surface area contributed by atoms with Gasteiger partial charge in [-0.15, -0.1) is 0 Å². The summed E-state index contributed by atoms with van der Waals surface area (Å²) in [5.74, 6) is -0.520. The SMILES string of the molecule is Cc1cc(C(=O)O)ccc1[C@H]1NC2C=CC(Cl)=CC2=C2[C@@H]1CCCN2C. The lowest BCUT2D eigenvalue weighted by Gasteiger charge is -2.47. The standard InChI is InChI=1S/C21H23ClN2O2/c1-12-10-13(21(25)26)5-7-15(12)19-16-4-3-9-24(2)20(16)17-11-14(22)6-8-18(17)23-19/h5-8,10-11,16,18-19,23H,3-4,9H2,1-2H3,(H,25,26)/t16-,18?,19-/m1/s1. The molecule has 4 nitrogen and oxygen atoms in total. The van der Waals surface area contributed by atoms with E-state index in [2.05, 4.69) is 29.4 Å². The Morgan fingerprint density at radius 3 is 2.92 bits per heavy atom. The van der Waals surface area contributed by atoms with E-state index >= 15 is 0 Å². The summed E-state index contributed by atoms with van der Waals surface area (Å²) in [5.41, 5.74) is 5.18. The zero-order valence-electron chi connectivity index (χ0n) is 15.0. The first-order valence-corrected chi connectivity index (χ1v) is 9.44. The van der Waals surface area contributed by atoms with Crippen LogP contribution in [-0.2, 0) is 0 Å². The molecule has 1 unspecified atom stereocenters. The smallest absolute Gasteiger partial charge is 0.335 e. The predicted octanol–water partition coefficient (Wildman–Crippen LogP) is 3.99. The van der Waals surface area contributed by atoms with E-state index in [0.29, 0.717) is 11.5 Å². The van der Waals surface area contributed by atoms with E-state index in [4.69, 9.17) is 11.6 Å². The Morgan fingerprint density at radius 2 is 2.19 bits per heavy atom. The van der Waals surface area contributed by atoms with Gasteiger partial charge in [-0.2, -0.15) is 0 Å². The minimum absolute atomic E-state index is 0.132. The summed E-state index contributed by atoms with van der Waals surface area (Å²) in [6, 6.07) is 5.76. The average molecular weight is 371 g/mol. The highest BCUT2D eigenvalue weighted by atomic mass is 35.5. The Morgan fingerprint density at radius 1 is 1.38 bits per heavy atom. The molecule has 0 radical (unpaired) electrons. The van der Waals surface area contributed by atoms with Crippen LogP contribution in [0.3, 0.4) is 0 Å². The normalized spacial score (nSPS) is 27.7. The third-order valence-corrected chi connectivity index (χ3v) is 5.99. The molecular weight excluding hydrogens is 348 g/mol. The number of halogens is 1. The fourth-order valence-electron chi connectivity index (χ4n) is 4.58. The number of benzene rings is 1. The molecule has 1 aromatic carbocycles. The lowest BCUT2D eigenvalue weighted by Crippen LogP contribution is -2.48.